The monoisotopic (exact) mass is 390 g/mol. The second kappa shape index (κ2) is 5.97. The number of hydrogen-bond donors (Lipinski definition) is 0. The van der Waals surface area contributed by atoms with E-state index >= 15 is 0 Å². The molecule has 0 radical (unpaired) electrons. The molecule has 9 atom stereocenters. The highest BCUT2D eigenvalue weighted by molar-refractivity contribution is 5.72. The van der Waals surface area contributed by atoms with Gasteiger partial charge in [-0.1, -0.05) is 20.8 Å². The lowest BCUT2D eigenvalue weighted by molar-refractivity contribution is -0.423. The van der Waals surface area contributed by atoms with Crippen LogP contribution in [0.4, 0.5) is 0 Å². The Labute approximate surface area is 170 Å². The summed E-state index contributed by atoms with van der Waals surface area (Å²) in [5.41, 5.74) is 0.507. The topological polar surface area (TPSA) is 44.8 Å². The van der Waals surface area contributed by atoms with E-state index in [1.807, 2.05) is 7.11 Å². The number of fused-ring (bicyclic) bond motifs is 3. The molecule has 4 saturated carbocycles. The molecule has 2 unspecified atom stereocenters. The molecule has 0 aromatic heterocycles. The van der Waals surface area contributed by atoms with Gasteiger partial charge in [-0.15, -0.1) is 0 Å². The Kier molecular flexibility index (Phi) is 4.13. The first-order chi connectivity index (χ1) is 13.3. The SMILES string of the molecule is COC(=O)[C@@H](C)[C@H]1CCC2C3CC[C@@H]4C[C@@]5(OC)CC[C@]4(C)[C@]3(CC[C@@]21C)O5. The molecule has 158 valence electrons. The molecule has 0 N–H and O–H groups in total. The largest absolute Gasteiger partial charge is 0.469 e. The molecule has 1 spiro atoms. The molecule has 6 rings (SSSR count). The quantitative estimate of drug-likeness (QED) is 0.640. The van der Waals surface area contributed by atoms with Crippen LogP contribution in [0.15, 0.2) is 0 Å². The summed E-state index contributed by atoms with van der Waals surface area (Å²) in [5, 5.41) is 0. The van der Waals surface area contributed by atoms with Crippen molar-refractivity contribution in [1.29, 1.82) is 0 Å². The van der Waals surface area contributed by atoms with E-state index in [4.69, 9.17) is 14.2 Å². The number of esters is 1. The summed E-state index contributed by atoms with van der Waals surface area (Å²) in [7, 11) is 3.38. The molecule has 6 fully saturated rings. The molecule has 0 aromatic rings. The lowest BCUT2D eigenvalue weighted by atomic mass is 9.40. The van der Waals surface area contributed by atoms with Crippen LogP contribution in [0.5, 0.6) is 0 Å². The summed E-state index contributed by atoms with van der Waals surface area (Å²) < 4.78 is 18.3. The molecule has 4 bridgehead atoms. The predicted octanol–water partition coefficient (Wildman–Crippen LogP) is 4.95. The summed E-state index contributed by atoms with van der Waals surface area (Å²) in [5.74, 6) is 2.06. The van der Waals surface area contributed by atoms with Gasteiger partial charge in [0.1, 0.15) is 0 Å². The van der Waals surface area contributed by atoms with Crippen molar-refractivity contribution in [3.8, 4) is 0 Å². The van der Waals surface area contributed by atoms with E-state index in [-0.39, 0.29) is 28.7 Å². The van der Waals surface area contributed by atoms with Crippen LogP contribution in [0.1, 0.15) is 78.6 Å². The van der Waals surface area contributed by atoms with E-state index < -0.39 is 0 Å². The number of carbonyl (C=O) groups excluding carboxylic acids is 1. The van der Waals surface area contributed by atoms with Crippen molar-refractivity contribution < 1.29 is 19.0 Å². The van der Waals surface area contributed by atoms with Crippen LogP contribution in [0.3, 0.4) is 0 Å². The third-order valence-electron chi connectivity index (χ3n) is 10.8. The smallest absolute Gasteiger partial charge is 0.308 e. The lowest BCUT2D eigenvalue weighted by Gasteiger charge is -2.73. The highest BCUT2D eigenvalue weighted by atomic mass is 16.7. The van der Waals surface area contributed by atoms with Crippen LogP contribution >= 0.6 is 0 Å². The lowest BCUT2D eigenvalue weighted by Crippen LogP contribution is -2.74. The van der Waals surface area contributed by atoms with Crippen molar-refractivity contribution in [1.82, 2.24) is 0 Å². The second-order valence-corrected chi connectivity index (χ2v) is 11.2. The van der Waals surface area contributed by atoms with Crippen molar-refractivity contribution >= 4 is 5.97 Å². The number of carbonyl (C=O) groups is 1. The maximum absolute atomic E-state index is 12.3. The highest BCUT2D eigenvalue weighted by Crippen LogP contribution is 2.74. The predicted molar refractivity (Wildman–Crippen MR) is 106 cm³/mol. The van der Waals surface area contributed by atoms with Gasteiger partial charge < -0.3 is 14.2 Å². The number of rotatable bonds is 3. The fourth-order valence-electron chi connectivity index (χ4n) is 9.22. The zero-order valence-corrected chi connectivity index (χ0v) is 18.4. The van der Waals surface area contributed by atoms with Gasteiger partial charge in [-0.2, -0.15) is 0 Å². The molecule has 0 aromatic carbocycles. The number of ether oxygens (including phenoxy) is 3. The van der Waals surface area contributed by atoms with Crippen molar-refractivity contribution in [3.05, 3.63) is 0 Å². The zero-order chi connectivity index (χ0) is 19.9. The van der Waals surface area contributed by atoms with Gasteiger partial charge in [0.25, 0.3) is 0 Å². The van der Waals surface area contributed by atoms with Crippen LogP contribution in [-0.2, 0) is 19.0 Å². The zero-order valence-electron chi connectivity index (χ0n) is 18.4. The van der Waals surface area contributed by atoms with E-state index in [9.17, 15) is 4.79 Å². The first kappa shape index (κ1) is 19.4. The summed E-state index contributed by atoms with van der Waals surface area (Å²) in [6.07, 6.45) is 10.7. The minimum Gasteiger partial charge on any atom is -0.469 e. The first-order valence-corrected chi connectivity index (χ1v) is 11.6. The Morgan fingerprint density at radius 1 is 1.00 bits per heavy atom. The molecule has 28 heavy (non-hydrogen) atoms. The van der Waals surface area contributed by atoms with Crippen molar-refractivity contribution in [3.63, 3.8) is 0 Å². The van der Waals surface area contributed by atoms with Gasteiger partial charge in [0.05, 0.1) is 18.6 Å². The summed E-state index contributed by atoms with van der Waals surface area (Å²) in [4.78, 5) is 12.3. The summed E-state index contributed by atoms with van der Waals surface area (Å²) in [6, 6.07) is 0. The Morgan fingerprint density at radius 2 is 1.75 bits per heavy atom. The first-order valence-electron chi connectivity index (χ1n) is 11.6. The molecule has 4 nitrogen and oxygen atoms in total. The molecule has 2 saturated heterocycles. The minimum atomic E-state index is -0.341. The maximum atomic E-state index is 12.3. The minimum absolute atomic E-state index is 0.00461. The van der Waals surface area contributed by atoms with Gasteiger partial charge in [-0.25, -0.2) is 0 Å². The van der Waals surface area contributed by atoms with Crippen molar-refractivity contribution in [2.75, 3.05) is 14.2 Å². The molecular weight excluding hydrogens is 352 g/mol. The Balaban J connectivity index is 1.51. The maximum Gasteiger partial charge on any atom is 0.308 e. The normalized spacial score (nSPS) is 55.3. The molecule has 4 heteroatoms. The third kappa shape index (κ3) is 2.12. The van der Waals surface area contributed by atoms with E-state index in [1.54, 1.807) is 0 Å². The number of hydrogen-bond acceptors (Lipinski definition) is 4. The highest BCUT2D eigenvalue weighted by Gasteiger charge is 2.74. The standard InChI is InChI=1S/C24H38O4/c1-15(20(25)26-4)17-8-9-18-19-7-6-16-14-23(27-5)12-11-22(16,3)24(19,28-23)13-10-21(17,18)2/h15-19H,6-14H2,1-5H3/t15-,16+,17+,18?,19?,21+,22-,23+,24+/m0/s1. The molecule has 2 aliphatic heterocycles. The molecule has 4 aliphatic carbocycles. The van der Waals surface area contributed by atoms with Gasteiger partial charge in [0.15, 0.2) is 5.79 Å². The van der Waals surface area contributed by atoms with Crippen molar-refractivity contribution in [2.24, 2.45) is 40.4 Å². The average Bonchev–Trinajstić information content (AvgIpc) is 3.04. The number of methoxy groups -OCH3 is 2. The molecular formula is C24H38O4. The van der Waals surface area contributed by atoms with E-state index in [0.717, 1.165) is 31.6 Å². The average molecular weight is 391 g/mol. The summed E-state index contributed by atoms with van der Waals surface area (Å²) in [6.45, 7) is 7.10. The second-order valence-electron chi connectivity index (χ2n) is 11.2. The van der Waals surface area contributed by atoms with Gasteiger partial charge in [-0.05, 0) is 74.0 Å². The van der Waals surface area contributed by atoms with E-state index in [2.05, 4.69) is 20.8 Å². The van der Waals surface area contributed by atoms with Crippen LogP contribution < -0.4 is 0 Å². The summed E-state index contributed by atoms with van der Waals surface area (Å²) >= 11 is 0. The Morgan fingerprint density at radius 3 is 2.46 bits per heavy atom. The fraction of sp³-hybridized carbons (Fsp3) is 0.958. The molecule has 2 heterocycles. The molecule has 0 amide bonds. The van der Waals surface area contributed by atoms with E-state index in [1.165, 1.54) is 39.2 Å². The van der Waals surface area contributed by atoms with Crippen LogP contribution in [0.2, 0.25) is 0 Å². The van der Waals surface area contributed by atoms with Gasteiger partial charge in [0.2, 0.25) is 0 Å². The van der Waals surface area contributed by atoms with Crippen LogP contribution in [-0.4, -0.2) is 31.6 Å². The van der Waals surface area contributed by atoms with Gasteiger partial charge >= 0.3 is 5.97 Å². The van der Waals surface area contributed by atoms with E-state index in [0.29, 0.717) is 23.2 Å². The Hall–Kier alpha value is -0.610. The van der Waals surface area contributed by atoms with Crippen molar-refractivity contribution in [2.45, 2.75) is 89.9 Å². The third-order valence-corrected chi connectivity index (χ3v) is 10.8. The Bertz CT molecular complexity index is 678. The van der Waals surface area contributed by atoms with Crippen LogP contribution in [0, 0.1) is 40.4 Å². The van der Waals surface area contributed by atoms with Gasteiger partial charge in [0, 0.05) is 25.4 Å². The fourth-order valence-corrected chi connectivity index (χ4v) is 9.22. The van der Waals surface area contributed by atoms with Crippen LogP contribution in [0.25, 0.3) is 0 Å². The molecule has 6 aliphatic rings. The van der Waals surface area contributed by atoms with Gasteiger partial charge in [-0.3, -0.25) is 4.79 Å².